The van der Waals surface area contributed by atoms with Gasteiger partial charge in [-0.25, -0.2) is 0 Å². The number of para-hydroxylation sites is 1. The van der Waals surface area contributed by atoms with E-state index in [1.54, 1.807) is 11.3 Å². The lowest BCUT2D eigenvalue weighted by Gasteiger charge is -2.22. The van der Waals surface area contributed by atoms with Crippen molar-refractivity contribution in [1.29, 1.82) is 0 Å². The number of nitrogens with zero attached hydrogens (tertiary/aromatic N) is 2. The molecule has 1 aliphatic heterocycles. The van der Waals surface area contributed by atoms with Gasteiger partial charge in [-0.05, 0) is 36.1 Å². The summed E-state index contributed by atoms with van der Waals surface area (Å²) in [5, 5.41) is 9.26. The minimum absolute atomic E-state index is 0.286. The van der Waals surface area contributed by atoms with Gasteiger partial charge in [0.15, 0.2) is 0 Å². The quantitative estimate of drug-likeness (QED) is 0.630. The summed E-state index contributed by atoms with van der Waals surface area (Å²) in [5.41, 5.74) is 4.80. The van der Waals surface area contributed by atoms with Crippen LogP contribution in [0.15, 0.2) is 77.2 Å². The Morgan fingerprint density at radius 2 is 1.74 bits per heavy atom. The number of hydrogen-bond donors (Lipinski definition) is 0. The van der Waals surface area contributed by atoms with E-state index < -0.39 is 0 Å². The number of thiophene rings is 1. The number of hydrogen-bond acceptors (Lipinski definition) is 3. The Labute approximate surface area is 140 Å². The molecule has 3 heteroatoms. The first-order chi connectivity index (χ1) is 11.3. The van der Waals surface area contributed by atoms with Gasteiger partial charge in [-0.3, -0.25) is 5.01 Å². The molecule has 0 aliphatic carbocycles. The highest BCUT2D eigenvalue weighted by Gasteiger charge is 2.30. The van der Waals surface area contributed by atoms with Crippen molar-refractivity contribution in [2.45, 2.75) is 19.4 Å². The molecule has 114 valence electrons. The van der Waals surface area contributed by atoms with Crippen LogP contribution in [-0.4, -0.2) is 5.71 Å². The molecule has 23 heavy (non-hydrogen) atoms. The molecule has 1 atom stereocenters. The summed E-state index contributed by atoms with van der Waals surface area (Å²) in [6.07, 6.45) is 0.943. The van der Waals surface area contributed by atoms with Gasteiger partial charge in [0.2, 0.25) is 0 Å². The fourth-order valence-electron chi connectivity index (χ4n) is 2.95. The number of anilines is 1. The normalized spacial score (nSPS) is 17.3. The van der Waals surface area contributed by atoms with Crippen molar-refractivity contribution >= 4 is 22.7 Å². The molecular weight excluding hydrogens is 300 g/mol. The second kappa shape index (κ2) is 6.01. The Kier molecular flexibility index (Phi) is 3.72. The van der Waals surface area contributed by atoms with Gasteiger partial charge >= 0.3 is 0 Å². The minimum atomic E-state index is 0.286. The largest absolute Gasteiger partial charge is 0.257 e. The summed E-state index contributed by atoms with van der Waals surface area (Å²) in [6, 6.07) is 23.7. The highest BCUT2D eigenvalue weighted by molar-refractivity contribution is 7.10. The predicted molar refractivity (Wildman–Crippen MR) is 98.3 cm³/mol. The smallest absolute Gasteiger partial charge is 0.0923 e. The molecule has 2 nitrogen and oxygen atoms in total. The second-order valence-electron chi connectivity index (χ2n) is 5.83. The number of hydrazone groups is 1. The summed E-state index contributed by atoms with van der Waals surface area (Å²) < 4.78 is 0. The summed E-state index contributed by atoms with van der Waals surface area (Å²) in [6.45, 7) is 2.12. The van der Waals surface area contributed by atoms with Gasteiger partial charge in [0.1, 0.15) is 0 Å². The van der Waals surface area contributed by atoms with E-state index in [1.165, 1.54) is 16.0 Å². The van der Waals surface area contributed by atoms with Crippen LogP contribution >= 0.6 is 11.3 Å². The van der Waals surface area contributed by atoms with Crippen LogP contribution < -0.4 is 5.01 Å². The van der Waals surface area contributed by atoms with Crippen LogP contribution in [-0.2, 0) is 0 Å². The van der Waals surface area contributed by atoms with Crippen LogP contribution in [0.5, 0.6) is 0 Å². The molecule has 4 rings (SSSR count). The van der Waals surface area contributed by atoms with Crippen LogP contribution in [0.4, 0.5) is 5.69 Å². The lowest BCUT2D eigenvalue weighted by molar-refractivity contribution is 0.722. The Morgan fingerprint density at radius 3 is 2.43 bits per heavy atom. The van der Waals surface area contributed by atoms with Gasteiger partial charge in [-0.2, -0.15) is 5.10 Å². The first-order valence-corrected chi connectivity index (χ1v) is 8.71. The summed E-state index contributed by atoms with van der Waals surface area (Å²) in [5.74, 6) is 0. The maximum absolute atomic E-state index is 4.95. The van der Waals surface area contributed by atoms with Gasteiger partial charge in [-0.15, -0.1) is 11.3 Å². The van der Waals surface area contributed by atoms with Gasteiger partial charge in [-0.1, -0.05) is 54.1 Å². The molecule has 3 aromatic rings. The monoisotopic (exact) mass is 318 g/mol. The van der Waals surface area contributed by atoms with Crippen LogP contribution in [0.1, 0.15) is 28.5 Å². The van der Waals surface area contributed by atoms with E-state index in [0.717, 1.165) is 17.8 Å². The lowest BCUT2D eigenvalue weighted by Crippen LogP contribution is -2.17. The highest BCUT2D eigenvalue weighted by atomic mass is 32.1. The third-order valence-electron chi connectivity index (χ3n) is 4.19. The second-order valence-corrected chi connectivity index (χ2v) is 6.81. The van der Waals surface area contributed by atoms with Crippen molar-refractivity contribution in [2.75, 3.05) is 5.01 Å². The standard InChI is InChI=1S/C20H18N2S/c1-15-9-11-16(12-10-15)18-14-19(20-8-5-13-23-20)22(21-18)17-6-3-2-4-7-17/h2-13,19H,14H2,1H3/t19-/m1/s1. The van der Waals surface area contributed by atoms with Crippen LogP contribution in [0.3, 0.4) is 0 Å². The van der Waals surface area contributed by atoms with Crippen molar-refractivity contribution in [3.05, 3.63) is 88.1 Å². The molecule has 0 saturated carbocycles. The molecule has 0 fully saturated rings. The molecule has 0 spiro atoms. The topological polar surface area (TPSA) is 15.6 Å². The molecule has 0 amide bonds. The zero-order valence-corrected chi connectivity index (χ0v) is 13.8. The number of benzene rings is 2. The molecule has 0 saturated heterocycles. The molecule has 1 aromatic heterocycles. The molecule has 2 heterocycles. The zero-order chi connectivity index (χ0) is 15.6. The summed E-state index contributed by atoms with van der Waals surface area (Å²) in [4.78, 5) is 1.36. The van der Waals surface area contributed by atoms with E-state index in [2.05, 4.69) is 78.0 Å². The maximum Gasteiger partial charge on any atom is 0.0923 e. The molecular formula is C20H18N2S. The third kappa shape index (κ3) is 2.80. The maximum atomic E-state index is 4.95. The van der Waals surface area contributed by atoms with Gasteiger partial charge in [0.05, 0.1) is 17.4 Å². The van der Waals surface area contributed by atoms with Crippen molar-refractivity contribution in [3.63, 3.8) is 0 Å². The van der Waals surface area contributed by atoms with Crippen molar-refractivity contribution in [1.82, 2.24) is 0 Å². The van der Waals surface area contributed by atoms with Crippen LogP contribution in [0.2, 0.25) is 0 Å². The van der Waals surface area contributed by atoms with E-state index in [4.69, 9.17) is 5.10 Å². The van der Waals surface area contributed by atoms with Gasteiger partial charge < -0.3 is 0 Å². The molecule has 0 radical (unpaired) electrons. The fourth-order valence-corrected chi connectivity index (χ4v) is 3.76. The van der Waals surface area contributed by atoms with E-state index in [0.29, 0.717) is 0 Å². The van der Waals surface area contributed by atoms with Crippen LogP contribution in [0, 0.1) is 6.92 Å². The zero-order valence-electron chi connectivity index (χ0n) is 13.0. The fraction of sp³-hybridized carbons (Fsp3) is 0.150. The van der Waals surface area contributed by atoms with E-state index in [9.17, 15) is 0 Å². The van der Waals surface area contributed by atoms with E-state index in [1.807, 2.05) is 6.07 Å². The van der Waals surface area contributed by atoms with Gasteiger partial charge in [0.25, 0.3) is 0 Å². The molecule has 0 unspecified atom stereocenters. The Balaban J connectivity index is 1.73. The Morgan fingerprint density at radius 1 is 0.957 bits per heavy atom. The summed E-state index contributed by atoms with van der Waals surface area (Å²) >= 11 is 1.80. The third-order valence-corrected chi connectivity index (χ3v) is 5.16. The van der Waals surface area contributed by atoms with Crippen LogP contribution in [0.25, 0.3) is 0 Å². The predicted octanol–water partition coefficient (Wildman–Crippen LogP) is 5.41. The number of rotatable bonds is 3. The van der Waals surface area contributed by atoms with Gasteiger partial charge in [0, 0.05) is 11.3 Å². The SMILES string of the molecule is Cc1ccc(C2=NN(c3ccccc3)[C@@H](c3cccs3)C2)cc1. The summed E-state index contributed by atoms with van der Waals surface area (Å²) in [7, 11) is 0. The highest BCUT2D eigenvalue weighted by Crippen LogP contribution is 2.38. The average Bonchev–Trinajstić information content (AvgIpc) is 3.26. The minimum Gasteiger partial charge on any atom is -0.257 e. The van der Waals surface area contributed by atoms with Crippen molar-refractivity contribution in [3.8, 4) is 0 Å². The molecule has 2 aromatic carbocycles. The van der Waals surface area contributed by atoms with Crippen molar-refractivity contribution in [2.24, 2.45) is 5.10 Å². The average molecular weight is 318 g/mol. The number of aryl methyl sites for hydroxylation is 1. The lowest BCUT2D eigenvalue weighted by atomic mass is 10.0. The molecule has 1 aliphatic rings. The first kappa shape index (κ1) is 14.2. The molecule has 0 bridgehead atoms. The molecule has 0 N–H and O–H groups in total. The van der Waals surface area contributed by atoms with Crippen molar-refractivity contribution < 1.29 is 0 Å². The first-order valence-electron chi connectivity index (χ1n) is 7.83. The van der Waals surface area contributed by atoms with E-state index in [-0.39, 0.29) is 6.04 Å². The van der Waals surface area contributed by atoms with E-state index >= 15 is 0 Å². The Bertz CT molecular complexity index is 805. The Hall–Kier alpha value is -2.39.